The molecule has 0 radical (unpaired) electrons. The van der Waals surface area contributed by atoms with Crippen LogP contribution in [0.1, 0.15) is 0 Å². The Bertz CT molecular complexity index is 2190. The van der Waals surface area contributed by atoms with Gasteiger partial charge in [0.2, 0.25) is 0 Å². The van der Waals surface area contributed by atoms with Crippen LogP contribution in [-0.2, 0) is 0 Å². The van der Waals surface area contributed by atoms with Gasteiger partial charge in [0.25, 0.3) is 0 Å². The van der Waals surface area contributed by atoms with Gasteiger partial charge in [0, 0.05) is 16.7 Å². The molecule has 0 aliphatic rings. The minimum Gasteiger partial charge on any atom is -0.129 e. The summed E-state index contributed by atoms with van der Waals surface area (Å²) in [4.78, 5) is 0. The predicted molar refractivity (Wildman–Crippen MR) is 174 cm³/mol. The second-order valence-electron chi connectivity index (χ2n) is 10.5. The molecule has 42 heavy (non-hydrogen) atoms. The van der Waals surface area contributed by atoms with Crippen LogP contribution in [0.3, 0.4) is 0 Å². The van der Waals surface area contributed by atoms with Gasteiger partial charge < -0.3 is 0 Å². The van der Waals surface area contributed by atoms with Crippen LogP contribution in [0.4, 0.5) is 0 Å². The van der Waals surface area contributed by atoms with Crippen molar-refractivity contribution < 1.29 is 0 Å². The van der Waals surface area contributed by atoms with Crippen molar-refractivity contribution in [1.82, 2.24) is 15.4 Å². The molecule has 0 saturated heterocycles. The highest BCUT2D eigenvalue weighted by Gasteiger charge is 2.21. The van der Waals surface area contributed by atoms with Crippen LogP contribution >= 0.6 is 0 Å². The molecule has 0 spiro atoms. The van der Waals surface area contributed by atoms with E-state index in [1.807, 2.05) is 24.3 Å². The summed E-state index contributed by atoms with van der Waals surface area (Å²) in [6.45, 7) is 0. The fraction of sp³-hybridized carbons (Fsp3) is 0. The summed E-state index contributed by atoms with van der Waals surface area (Å²) >= 11 is 0. The standard InChI is InChI=1S/C39H25N3/c1-3-14-26(15-4-1)36-38(27-16-5-2-6-17-27)40-42-41-39(36)35-23-12-10-21-31(35)34-25-13-24-33-30-19-8-7-18-28(30)29-20-9-11-22-32(29)37(33)34/h1-25H. The largest absolute Gasteiger partial charge is 0.129 e. The molecule has 0 aliphatic heterocycles. The number of hydrogen-bond donors (Lipinski definition) is 0. The third kappa shape index (κ3) is 3.87. The fourth-order valence-corrected chi connectivity index (χ4v) is 6.29. The van der Waals surface area contributed by atoms with Crippen molar-refractivity contribution >= 4 is 32.3 Å². The van der Waals surface area contributed by atoms with Gasteiger partial charge in [-0.15, -0.1) is 10.2 Å². The molecule has 1 heterocycles. The van der Waals surface area contributed by atoms with Crippen LogP contribution in [0.2, 0.25) is 0 Å². The van der Waals surface area contributed by atoms with Crippen molar-refractivity contribution in [3.8, 4) is 44.8 Å². The van der Waals surface area contributed by atoms with E-state index >= 15 is 0 Å². The van der Waals surface area contributed by atoms with E-state index in [4.69, 9.17) is 5.10 Å². The van der Waals surface area contributed by atoms with E-state index < -0.39 is 0 Å². The lowest BCUT2D eigenvalue weighted by atomic mass is 9.86. The van der Waals surface area contributed by atoms with Gasteiger partial charge in [0.1, 0.15) is 11.4 Å². The van der Waals surface area contributed by atoms with Crippen LogP contribution in [0.15, 0.2) is 152 Å². The van der Waals surface area contributed by atoms with Crippen molar-refractivity contribution in [2.45, 2.75) is 0 Å². The molecule has 3 heteroatoms. The highest BCUT2D eigenvalue weighted by molar-refractivity contribution is 6.28. The Kier molecular flexibility index (Phi) is 5.79. The zero-order chi connectivity index (χ0) is 27.9. The van der Waals surface area contributed by atoms with E-state index in [0.717, 1.165) is 39.2 Å². The average Bonchev–Trinajstić information content (AvgIpc) is 3.08. The van der Waals surface area contributed by atoms with Gasteiger partial charge in [-0.05, 0) is 54.2 Å². The van der Waals surface area contributed by atoms with E-state index in [9.17, 15) is 0 Å². The van der Waals surface area contributed by atoms with Gasteiger partial charge in [-0.2, -0.15) is 0 Å². The zero-order valence-electron chi connectivity index (χ0n) is 22.8. The van der Waals surface area contributed by atoms with Gasteiger partial charge in [0.15, 0.2) is 0 Å². The minimum atomic E-state index is 0.813. The molecule has 7 aromatic carbocycles. The van der Waals surface area contributed by atoms with E-state index in [-0.39, 0.29) is 0 Å². The molecule has 0 aliphatic carbocycles. The molecular weight excluding hydrogens is 510 g/mol. The monoisotopic (exact) mass is 535 g/mol. The van der Waals surface area contributed by atoms with Crippen LogP contribution in [0.25, 0.3) is 77.1 Å². The molecule has 0 unspecified atom stereocenters. The molecule has 196 valence electrons. The Balaban J connectivity index is 1.47. The maximum Gasteiger partial charge on any atom is 0.105 e. The Labute approximate surface area is 243 Å². The van der Waals surface area contributed by atoms with Gasteiger partial charge in [0.05, 0.1) is 0 Å². The van der Waals surface area contributed by atoms with Crippen LogP contribution < -0.4 is 0 Å². The van der Waals surface area contributed by atoms with Gasteiger partial charge >= 0.3 is 0 Å². The number of aromatic nitrogens is 3. The van der Waals surface area contributed by atoms with Crippen LogP contribution in [0, 0.1) is 0 Å². The lowest BCUT2D eigenvalue weighted by Crippen LogP contribution is -2.01. The van der Waals surface area contributed by atoms with Gasteiger partial charge in [-0.1, -0.05) is 152 Å². The molecule has 0 fully saturated rings. The van der Waals surface area contributed by atoms with E-state index in [2.05, 4.69) is 138 Å². The van der Waals surface area contributed by atoms with Crippen molar-refractivity contribution in [3.63, 3.8) is 0 Å². The average molecular weight is 536 g/mol. The summed E-state index contributed by atoms with van der Waals surface area (Å²) in [5.41, 5.74) is 7.96. The number of nitrogens with zero attached hydrogens (tertiary/aromatic N) is 3. The van der Waals surface area contributed by atoms with Crippen LogP contribution in [-0.4, -0.2) is 15.4 Å². The van der Waals surface area contributed by atoms with E-state index in [1.54, 1.807) is 0 Å². The number of rotatable bonds is 4. The zero-order valence-corrected chi connectivity index (χ0v) is 22.8. The van der Waals surface area contributed by atoms with Gasteiger partial charge in [-0.25, -0.2) is 0 Å². The van der Waals surface area contributed by atoms with Crippen LogP contribution in [0.5, 0.6) is 0 Å². The Morgan fingerprint density at radius 2 is 0.762 bits per heavy atom. The first kappa shape index (κ1) is 24.2. The quantitative estimate of drug-likeness (QED) is 0.211. The Hall–Kier alpha value is -5.67. The van der Waals surface area contributed by atoms with E-state index in [1.165, 1.54) is 37.9 Å². The molecular formula is C39H25N3. The first-order chi connectivity index (χ1) is 20.9. The Morgan fingerprint density at radius 3 is 1.43 bits per heavy atom. The van der Waals surface area contributed by atoms with Crippen molar-refractivity contribution in [3.05, 3.63) is 152 Å². The van der Waals surface area contributed by atoms with Crippen molar-refractivity contribution in [1.29, 1.82) is 0 Å². The maximum absolute atomic E-state index is 4.73. The second-order valence-corrected chi connectivity index (χ2v) is 10.5. The topological polar surface area (TPSA) is 38.7 Å². The highest BCUT2D eigenvalue weighted by Crippen LogP contribution is 2.45. The molecule has 0 N–H and O–H groups in total. The van der Waals surface area contributed by atoms with Crippen molar-refractivity contribution in [2.24, 2.45) is 0 Å². The number of fused-ring (bicyclic) bond motifs is 6. The molecule has 0 atom stereocenters. The molecule has 8 rings (SSSR count). The first-order valence-electron chi connectivity index (χ1n) is 14.1. The summed E-state index contributed by atoms with van der Waals surface area (Å²) in [7, 11) is 0. The summed E-state index contributed by atoms with van der Waals surface area (Å²) in [5, 5.41) is 21.1. The van der Waals surface area contributed by atoms with E-state index in [0.29, 0.717) is 0 Å². The predicted octanol–water partition coefficient (Wildman–Crippen LogP) is 10.00. The second kappa shape index (κ2) is 10.1. The molecule has 8 aromatic rings. The van der Waals surface area contributed by atoms with Gasteiger partial charge in [-0.3, -0.25) is 0 Å². The third-order valence-electron chi connectivity index (χ3n) is 8.11. The normalized spacial score (nSPS) is 11.3. The molecule has 3 nitrogen and oxygen atoms in total. The smallest absolute Gasteiger partial charge is 0.105 e. The molecule has 0 bridgehead atoms. The van der Waals surface area contributed by atoms with Crippen molar-refractivity contribution in [2.75, 3.05) is 0 Å². The number of hydrogen-bond acceptors (Lipinski definition) is 3. The summed E-state index contributed by atoms with van der Waals surface area (Å²) in [5.74, 6) is 0. The number of benzene rings is 7. The maximum atomic E-state index is 4.73. The SMILES string of the molecule is c1ccc(-c2nnnc(-c3ccccc3-c3cccc4c5ccccc5c5ccccc5c34)c2-c2ccccc2)cc1. The lowest BCUT2D eigenvalue weighted by molar-refractivity contribution is 0.879. The lowest BCUT2D eigenvalue weighted by Gasteiger charge is -2.18. The fourth-order valence-electron chi connectivity index (χ4n) is 6.29. The highest BCUT2D eigenvalue weighted by atomic mass is 15.3. The summed E-state index contributed by atoms with van der Waals surface area (Å²) < 4.78 is 0. The summed E-state index contributed by atoms with van der Waals surface area (Å²) in [6, 6.07) is 53.2. The summed E-state index contributed by atoms with van der Waals surface area (Å²) in [6.07, 6.45) is 0. The Morgan fingerprint density at radius 1 is 0.310 bits per heavy atom. The molecule has 0 amide bonds. The third-order valence-corrected chi connectivity index (χ3v) is 8.11. The molecule has 0 saturated carbocycles. The first-order valence-corrected chi connectivity index (χ1v) is 14.1. The minimum absolute atomic E-state index is 0.813. The molecule has 1 aromatic heterocycles.